The van der Waals surface area contributed by atoms with Crippen LogP contribution in [0.5, 0.6) is 0 Å². The number of nitrogens with zero attached hydrogens (tertiary/aromatic N) is 3. The van der Waals surface area contributed by atoms with Crippen LogP contribution in [0.3, 0.4) is 0 Å². The fraction of sp³-hybridized carbons (Fsp3) is 0.150. The summed E-state index contributed by atoms with van der Waals surface area (Å²) >= 11 is 0. The molecule has 1 aliphatic carbocycles. The number of fused-ring (bicyclic) bond motifs is 1. The van der Waals surface area contributed by atoms with Gasteiger partial charge in [0.15, 0.2) is 0 Å². The van der Waals surface area contributed by atoms with Gasteiger partial charge in [-0.25, -0.2) is 8.78 Å². The summed E-state index contributed by atoms with van der Waals surface area (Å²) in [7, 11) is 0. The van der Waals surface area contributed by atoms with E-state index in [4.69, 9.17) is 10.2 Å². The van der Waals surface area contributed by atoms with Gasteiger partial charge in [0.25, 0.3) is 0 Å². The van der Waals surface area contributed by atoms with Gasteiger partial charge in [-0.1, -0.05) is 18.2 Å². The molecule has 0 amide bonds. The lowest BCUT2D eigenvalue weighted by Crippen LogP contribution is -2.18. The largest absolute Gasteiger partial charge is 0.419 e. The average Bonchev–Trinajstić information content (AvgIpc) is 3.11. The molecular weight excluding hydrogens is 364 g/mol. The lowest BCUT2D eigenvalue weighted by molar-refractivity contribution is 0.449. The second-order valence-electron chi connectivity index (χ2n) is 6.94. The number of hydrogen-bond acceptors (Lipinski definition) is 5. The maximum Gasteiger partial charge on any atom is 0.247 e. The molecule has 140 valence electrons. The number of halogens is 2. The van der Waals surface area contributed by atoms with E-state index in [0.717, 1.165) is 18.4 Å². The minimum Gasteiger partial charge on any atom is -0.419 e. The topological polar surface area (TPSA) is 93.6 Å². The molecule has 3 N–H and O–H groups in total. The second kappa shape index (κ2) is 6.07. The minimum absolute atomic E-state index is 0.210. The van der Waals surface area contributed by atoms with Gasteiger partial charge in [-0.05, 0) is 48.7 Å². The molecule has 0 atom stereocenters. The van der Waals surface area contributed by atoms with Crippen LogP contribution in [0.1, 0.15) is 30.0 Å². The molecular formula is C20H15F2N5O. The number of aromatic nitrogens is 4. The third kappa shape index (κ3) is 2.87. The van der Waals surface area contributed by atoms with Crippen LogP contribution in [0.15, 0.2) is 40.8 Å². The van der Waals surface area contributed by atoms with E-state index in [1.165, 1.54) is 18.2 Å². The van der Waals surface area contributed by atoms with Crippen LogP contribution in [0.25, 0.3) is 34.5 Å². The molecule has 5 rings (SSSR count). The van der Waals surface area contributed by atoms with Gasteiger partial charge in [0.1, 0.15) is 17.2 Å². The molecule has 0 radical (unpaired) electrons. The van der Waals surface area contributed by atoms with Gasteiger partial charge in [-0.3, -0.25) is 5.10 Å². The summed E-state index contributed by atoms with van der Waals surface area (Å²) in [6.07, 6.45) is 5.09. The predicted octanol–water partition coefficient (Wildman–Crippen LogP) is 4.01. The molecule has 0 spiro atoms. The number of H-pyrrole nitrogens is 1. The maximum atomic E-state index is 14.6. The van der Waals surface area contributed by atoms with E-state index in [1.54, 1.807) is 30.4 Å². The quantitative estimate of drug-likeness (QED) is 0.559. The van der Waals surface area contributed by atoms with Gasteiger partial charge in [0.05, 0.1) is 11.2 Å². The van der Waals surface area contributed by atoms with E-state index in [0.29, 0.717) is 22.5 Å². The van der Waals surface area contributed by atoms with Gasteiger partial charge in [0, 0.05) is 10.9 Å². The zero-order chi connectivity index (χ0) is 19.3. The van der Waals surface area contributed by atoms with E-state index in [-0.39, 0.29) is 17.2 Å². The first-order chi connectivity index (χ1) is 13.5. The van der Waals surface area contributed by atoms with Gasteiger partial charge in [0.2, 0.25) is 11.8 Å². The SMILES string of the molecule is NC1(c2nnc(-c3cc(F)c4[nH]nc(/C=C/c5ccc(F)cc5)c4c3)o2)CC1. The third-order valence-corrected chi connectivity index (χ3v) is 4.84. The van der Waals surface area contributed by atoms with Crippen LogP contribution < -0.4 is 5.73 Å². The fourth-order valence-electron chi connectivity index (χ4n) is 2.99. The number of rotatable bonds is 4. The van der Waals surface area contributed by atoms with Crippen LogP contribution in [-0.2, 0) is 5.54 Å². The van der Waals surface area contributed by atoms with Crippen LogP contribution in [0.2, 0.25) is 0 Å². The van der Waals surface area contributed by atoms with Gasteiger partial charge in [-0.15, -0.1) is 10.2 Å². The Morgan fingerprint density at radius 1 is 1.07 bits per heavy atom. The zero-order valence-corrected chi connectivity index (χ0v) is 14.6. The Morgan fingerprint density at radius 2 is 1.86 bits per heavy atom. The van der Waals surface area contributed by atoms with Crippen molar-refractivity contribution in [2.45, 2.75) is 18.4 Å². The van der Waals surface area contributed by atoms with Crippen molar-refractivity contribution in [3.8, 4) is 11.5 Å². The Balaban J connectivity index is 1.53. The number of nitrogens with two attached hydrogens (primary N) is 1. The predicted molar refractivity (Wildman–Crippen MR) is 99.8 cm³/mol. The van der Waals surface area contributed by atoms with Gasteiger partial charge < -0.3 is 10.2 Å². The molecule has 0 bridgehead atoms. The summed E-state index contributed by atoms with van der Waals surface area (Å²) in [6, 6.07) is 9.09. The second-order valence-corrected chi connectivity index (χ2v) is 6.94. The van der Waals surface area contributed by atoms with Crippen molar-refractivity contribution < 1.29 is 13.2 Å². The molecule has 1 saturated carbocycles. The van der Waals surface area contributed by atoms with Gasteiger partial charge >= 0.3 is 0 Å². The van der Waals surface area contributed by atoms with E-state index in [9.17, 15) is 8.78 Å². The van der Waals surface area contributed by atoms with Crippen molar-refractivity contribution in [3.63, 3.8) is 0 Å². The van der Waals surface area contributed by atoms with Crippen molar-refractivity contribution >= 4 is 23.1 Å². The van der Waals surface area contributed by atoms with Crippen LogP contribution >= 0.6 is 0 Å². The first kappa shape index (κ1) is 16.8. The van der Waals surface area contributed by atoms with Gasteiger partial charge in [-0.2, -0.15) is 5.10 Å². The normalized spacial score (nSPS) is 15.5. The number of hydrogen-bond donors (Lipinski definition) is 2. The molecule has 2 aromatic carbocycles. The summed E-state index contributed by atoms with van der Waals surface area (Å²) in [5, 5.41) is 15.4. The number of benzene rings is 2. The minimum atomic E-state index is -0.549. The molecule has 1 fully saturated rings. The van der Waals surface area contributed by atoms with Crippen LogP contribution in [0, 0.1) is 11.6 Å². The number of aromatic amines is 1. The Morgan fingerprint density at radius 3 is 2.61 bits per heavy atom. The Kier molecular flexibility index (Phi) is 3.63. The summed E-state index contributed by atoms with van der Waals surface area (Å²) in [4.78, 5) is 0. The van der Waals surface area contributed by atoms with E-state index < -0.39 is 11.4 Å². The van der Waals surface area contributed by atoms with Crippen molar-refractivity contribution in [2.24, 2.45) is 5.73 Å². The standard InChI is InChI=1S/C20H15F2N5O/c21-13-4-1-11(2-5-13)3-6-16-14-9-12(10-15(22)17(14)25-24-16)18-26-27-19(28-18)20(23)7-8-20/h1-6,9-10H,7-8,23H2,(H,24,25)/b6-3+. The lowest BCUT2D eigenvalue weighted by atomic mass is 10.1. The molecule has 28 heavy (non-hydrogen) atoms. The maximum absolute atomic E-state index is 14.6. The highest BCUT2D eigenvalue weighted by Gasteiger charge is 2.45. The van der Waals surface area contributed by atoms with Crippen LogP contribution in [0.4, 0.5) is 8.78 Å². The molecule has 2 heterocycles. The summed E-state index contributed by atoms with van der Waals surface area (Å²) in [5.41, 5.74) is 7.59. The summed E-state index contributed by atoms with van der Waals surface area (Å²) < 4.78 is 33.2. The highest BCUT2D eigenvalue weighted by Crippen LogP contribution is 2.42. The van der Waals surface area contributed by atoms with Crippen molar-refractivity contribution in [3.05, 3.63) is 65.2 Å². The van der Waals surface area contributed by atoms with E-state index in [1.807, 2.05) is 0 Å². The molecule has 0 unspecified atom stereocenters. The highest BCUT2D eigenvalue weighted by molar-refractivity contribution is 5.92. The molecule has 8 heteroatoms. The monoisotopic (exact) mass is 379 g/mol. The summed E-state index contributed by atoms with van der Waals surface area (Å²) in [5.74, 6) is -0.206. The van der Waals surface area contributed by atoms with E-state index in [2.05, 4.69) is 20.4 Å². The molecule has 0 saturated heterocycles. The smallest absolute Gasteiger partial charge is 0.247 e. The Labute approximate surface area is 158 Å². The number of nitrogens with one attached hydrogen (secondary N) is 1. The molecule has 2 aromatic heterocycles. The van der Waals surface area contributed by atoms with Crippen molar-refractivity contribution in [1.29, 1.82) is 0 Å². The Bertz CT molecular complexity index is 1210. The van der Waals surface area contributed by atoms with Crippen LogP contribution in [-0.4, -0.2) is 20.4 Å². The Hall–Kier alpha value is -3.39. The average molecular weight is 379 g/mol. The first-order valence-corrected chi connectivity index (χ1v) is 8.76. The lowest BCUT2D eigenvalue weighted by Gasteiger charge is -2.01. The summed E-state index contributed by atoms with van der Waals surface area (Å²) in [6.45, 7) is 0. The third-order valence-electron chi connectivity index (χ3n) is 4.84. The molecule has 4 aromatic rings. The highest BCUT2D eigenvalue weighted by atomic mass is 19.1. The molecule has 1 aliphatic rings. The zero-order valence-electron chi connectivity index (χ0n) is 14.6. The fourth-order valence-corrected chi connectivity index (χ4v) is 2.99. The molecule has 6 nitrogen and oxygen atoms in total. The first-order valence-electron chi connectivity index (χ1n) is 8.76. The van der Waals surface area contributed by atoms with Crippen molar-refractivity contribution in [1.82, 2.24) is 20.4 Å². The van der Waals surface area contributed by atoms with E-state index >= 15 is 0 Å². The van der Waals surface area contributed by atoms with Crippen molar-refractivity contribution in [2.75, 3.05) is 0 Å². The molecule has 0 aliphatic heterocycles.